The number of hydrogen-bond donors (Lipinski definition) is 0. The number of halogens is 2. The fraction of sp³-hybridized carbons (Fsp3) is 0.188. The molecule has 0 aliphatic rings. The second kappa shape index (κ2) is 7.61. The molecule has 0 heterocycles. The van der Waals surface area contributed by atoms with Gasteiger partial charge < -0.3 is 9.47 Å². The molecule has 0 saturated heterocycles. The van der Waals surface area contributed by atoms with E-state index in [1.54, 1.807) is 12.1 Å². The molecule has 2 rings (SSSR count). The Labute approximate surface area is 140 Å². The van der Waals surface area contributed by atoms with Gasteiger partial charge >= 0.3 is 0 Å². The summed E-state index contributed by atoms with van der Waals surface area (Å²) in [6.45, 7) is 2.27. The van der Waals surface area contributed by atoms with Crippen LogP contribution in [0.5, 0.6) is 11.5 Å². The van der Waals surface area contributed by atoms with E-state index in [-0.39, 0.29) is 5.78 Å². The molecule has 0 aliphatic heterocycles. The first-order valence-electron chi connectivity index (χ1n) is 6.39. The average Bonchev–Trinajstić information content (AvgIpc) is 2.46. The lowest BCUT2D eigenvalue weighted by Crippen LogP contribution is -2.11. The Morgan fingerprint density at radius 3 is 2.24 bits per heavy atom. The van der Waals surface area contributed by atoms with Crippen molar-refractivity contribution in [2.45, 2.75) is 6.92 Å². The third-order valence-corrected chi connectivity index (χ3v) is 4.02. The van der Waals surface area contributed by atoms with Crippen molar-refractivity contribution in [2.24, 2.45) is 0 Å². The van der Waals surface area contributed by atoms with Gasteiger partial charge in [0.25, 0.3) is 0 Å². The normalized spacial score (nSPS) is 10.2. The van der Waals surface area contributed by atoms with Crippen molar-refractivity contribution in [3.05, 3.63) is 57.0 Å². The van der Waals surface area contributed by atoms with E-state index in [4.69, 9.17) is 9.47 Å². The highest BCUT2D eigenvalue weighted by molar-refractivity contribution is 9.11. The lowest BCUT2D eigenvalue weighted by Gasteiger charge is -2.12. The van der Waals surface area contributed by atoms with E-state index in [9.17, 15) is 4.79 Å². The Balaban J connectivity index is 1.92. The summed E-state index contributed by atoms with van der Waals surface area (Å²) < 4.78 is 13.1. The van der Waals surface area contributed by atoms with Gasteiger partial charge in [0.15, 0.2) is 5.78 Å². The summed E-state index contributed by atoms with van der Waals surface area (Å²) in [6.07, 6.45) is 0. The van der Waals surface area contributed by atoms with Crippen molar-refractivity contribution in [1.29, 1.82) is 0 Å². The number of ether oxygens (including phenoxy) is 2. The maximum Gasteiger partial charge on any atom is 0.163 e. The fourth-order valence-corrected chi connectivity index (χ4v) is 3.03. The quantitative estimate of drug-likeness (QED) is 0.500. The highest BCUT2D eigenvalue weighted by Crippen LogP contribution is 2.32. The molecule has 0 spiro atoms. The minimum absolute atomic E-state index is 0.0138. The van der Waals surface area contributed by atoms with Gasteiger partial charge in [0.05, 0.1) is 14.5 Å². The standard InChI is InChI=1S/C16H14Br2O3/c1-11(19)12-5-2-3-8-15(12)20-9-10-21-16-13(17)6-4-7-14(16)18/h2-8H,9-10H2,1H3. The van der Waals surface area contributed by atoms with Crippen LogP contribution in [-0.2, 0) is 0 Å². The smallest absolute Gasteiger partial charge is 0.163 e. The molecule has 0 amide bonds. The Hall–Kier alpha value is -1.33. The molecule has 5 heteroatoms. The first-order valence-corrected chi connectivity index (χ1v) is 7.98. The van der Waals surface area contributed by atoms with Crippen LogP contribution in [0.1, 0.15) is 17.3 Å². The fourth-order valence-electron chi connectivity index (χ4n) is 1.80. The van der Waals surface area contributed by atoms with Gasteiger partial charge in [-0.3, -0.25) is 4.79 Å². The average molecular weight is 414 g/mol. The maximum absolute atomic E-state index is 11.5. The first-order chi connectivity index (χ1) is 10.1. The summed E-state index contributed by atoms with van der Waals surface area (Å²) in [5.41, 5.74) is 0.583. The molecule has 0 N–H and O–H groups in total. The monoisotopic (exact) mass is 412 g/mol. The van der Waals surface area contributed by atoms with Gasteiger partial charge in [0.2, 0.25) is 0 Å². The summed E-state index contributed by atoms with van der Waals surface area (Å²) >= 11 is 6.87. The van der Waals surface area contributed by atoms with Crippen LogP contribution < -0.4 is 9.47 Å². The zero-order valence-corrected chi connectivity index (χ0v) is 14.6. The van der Waals surface area contributed by atoms with Gasteiger partial charge in [-0.15, -0.1) is 0 Å². The molecule has 3 nitrogen and oxygen atoms in total. The number of rotatable bonds is 6. The van der Waals surface area contributed by atoms with Crippen molar-refractivity contribution in [3.8, 4) is 11.5 Å². The van der Waals surface area contributed by atoms with Crippen LogP contribution in [0.3, 0.4) is 0 Å². The van der Waals surface area contributed by atoms with E-state index in [1.807, 2.05) is 30.3 Å². The highest BCUT2D eigenvalue weighted by atomic mass is 79.9. The van der Waals surface area contributed by atoms with Crippen molar-refractivity contribution in [2.75, 3.05) is 13.2 Å². The van der Waals surface area contributed by atoms with E-state index in [2.05, 4.69) is 31.9 Å². The lowest BCUT2D eigenvalue weighted by molar-refractivity contribution is 0.101. The van der Waals surface area contributed by atoms with Crippen LogP contribution in [0.25, 0.3) is 0 Å². The largest absolute Gasteiger partial charge is 0.489 e. The topological polar surface area (TPSA) is 35.5 Å². The predicted molar refractivity (Wildman–Crippen MR) is 89.3 cm³/mol. The minimum atomic E-state index is -0.0138. The molecule has 0 atom stereocenters. The summed E-state index contributed by atoms with van der Waals surface area (Å²) in [4.78, 5) is 11.5. The van der Waals surface area contributed by atoms with Crippen molar-refractivity contribution in [1.82, 2.24) is 0 Å². The van der Waals surface area contributed by atoms with Crippen molar-refractivity contribution in [3.63, 3.8) is 0 Å². The van der Waals surface area contributed by atoms with Crippen LogP contribution in [0, 0.1) is 0 Å². The van der Waals surface area contributed by atoms with Gasteiger partial charge in [-0.1, -0.05) is 18.2 Å². The van der Waals surface area contributed by atoms with Gasteiger partial charge in [-0.05, 0) is 63.0 Å². The molecular weight excluding hydrogens is 400 g/mol. The molecule has 0 bridgehead atoms. The first kappa shape index (κ1) is 16.0. The molecule has 0 unspecified atom stereocenters. The number of carbonyl (C=O) groups excluding carboxylic acids is 1. The zero-order valence-electron chi connectivity index (χ0n) is 11.4. The van der Waals surface area contributed by atoms with Gasteiger partial charge in [0.1, 0.15) is 24.7 Å². The molecule has 21 heavy (non-hydrogen) atoms. The summed E-state index contributed by atoms with van der Waals surface area (Å²) in [7, 11) is 0. The van der Waals surface area contributed by atoms with E-state index >= 15 is 0 Å². The Morgan fingerprint density at radius 1 is 0.952 bits per heavy atom. The number of carbonyl (C=O) groups is 1. The number of para-hydroxylation sites is 2. The molecule has 0 radical (unpaired) electrons. The SMILES string of the molecule is CC(=O)c1ccccc1OCCOc1c(Br)cccc1Br. The molecule has 0 fully saturated rings. The van der Waals surface area contributed by atoms with Crippen molar-refractivity contribution >= 4 is 37.6 Å². The third kappa shape index (κ3) is 4.32. The highest BCUT2D eigenvalue weighted by Gasteiger charge is 2.08. The molecule has 0 aromatic heterocycles. The van der Waals surface area contributed by atoms with Gasteiger partial charge in [-0.2, -0.15) is 0 Å². The maximum atomic E-state index is 11.5. The van der Waals surface area contributed by atoms with Crippen LogP contribution in [0.2, 0.25) is 0 Å². The predicted octanol–water partition coefficient (Wildman–Crippen LogP) is 4.87. The molecule has 0 saturated carbocycles. The van der Waals surface area contributed by atoms with E-state index in [1.165, 1.54) is 6.92 Å². The summed E-state index contributed by atoms with van der Waals surface area (Å²) in [5, 5.41) is 0. The van der Waals surface area contributed by atoms with E-state index in [0.717, 1.165) is 14.7 Å². The molecule has 0 aliphatic carbocycles. The van der Waals surface area contributed by atoms with Crippen molar-refractivity contribution < 1.29 is 14.3 Å². The summed E-state index contributed by atoms with van der Waals surface area (Å²) in [6, 6.07) is 12.9. The third-order valence-electron chi connectivity index (χ3n) is 2.77. The molecule has 2 aromatic rings. The minimum Gasteiger partial charge on any atom is -0.489 e. The van der Waals surface area contributed by atoms with Gasteiger partial charge in [0, 0.05) is 0 Å². The number of benzene rings is 2. The second-order valence-corrected chi connectivity index (χ2v) is 6.01. The van der Waals surface area contributed by atoms with E-state index < -0.39 is 0 Å². The van der Waals surface area contributed by atoms with E-state index in [0.29, 0.717) is 24.5 Å². The van der Waals surface area contributed by atoms with Crippen LogP contribution in [0.4, 0.5) is 0 Å². The number of Topliss-reactive ketones (excluding diaryl/α,β-unsaturated/α-hetero) is 1. The Bertz CT molecular complexity index is 621. The van der Waals surface area contributed by atoms with Crippen LogP contribution in [0.15, 0.2) is 51.4 Å². The molecule has 110 valence electrons. The Morgan fingerprint density at radius 2 is 1.57 bits per heavy atom. The lowest BCUT2D eigenvalue weighted by atomic mass is 10.1. The summed E-state index contributed by atoms with van der Waals surface area (Å²) in [5.74, 6) is 1.31. The van der Waals surface area contributed by atoms with Crippen LogP contribution in [-0.4, -0.2) is 19.0 Å². The molecular formula is C16H14Br2O3. The number of hydrogen-bond acceptors (Lipinski definition) is 3. The zero-order chi connectivity index (χ0) is 15.2. The van der Waals surface area contributed by atoms with Crippen LogP contribution >= 0.6 is 31.9 Å². The Kier molecular flexibility index (Phi) is 5.82. The molecule has 2 aromatic carbocycles. The second-order valence-electron chi connectivity index (χ2n) is 4.30. The van der Waals surface area contributed by atoms with Gasteiger partial charge in [-0.25, -0.2) is 0 Å². The number of ketones is 1.